The van der Waals surface area contributed by atoms with Gasteiger partial charge in [0.15, 0.2) is 0 Å². The highest BCUT2D eigenvalue weighted by Crippen LogP contribution is 2.25. The fraction of sp³-hybridized carbons (Fsp3) is 0.286. The van der Waals surface area contributed by atoms with Crippen LogP contribution in [0.4, 0.5) is 5.69 Å². The Morgan fingerprint density at radius 2 is 2.00 bits per heavy atom. The summed E-state index contributed by atoms with van der Waals surface area (Å²) >= 11 is 0. The van der Waals surface area contributed by atoms with Crippen LogP contribution in [0.15, 0.2) is 45.9 Å². The van der Waals surface area contributed by atoms with Crippen molar-refractivity contribution in [2.75, 3.05) is 11.9 Å². The van der Waals surface area contributed by atoms with E-state index in [0.717, 1.165) is 17.9 Å². The average Bonchev–Trinajstić information content (AvgIpc) is 2.92. The lowest BCUT2D eigenvalue weighted by atomic mass is 10.3. The molecule has 6 nitrogen and oxygen atoms in total. The largest absolute Gasteiger partial charge is 0.491 e. The first-order valence-corrected chi connectivity index (χ1v) is 8.12. The highest BCUT2D eigenvalue weighted by molar-refractivity contribution is 7.89. The summed E-state index contributed by atoms with van der Waals surface area (Å²) < 4.78 is 33.1. The number of para-hydroxylation sites is 2. The van der Waals surface area contributed by atoms with Gasteiger partial charge in [-0.3, -0.25) is 0 Å². The second-order valence-corrected chi connectivity index (χ2v) is 5.96. The Morgan fingerprint density at radius 3 is 2.67 bits per heavy atom. The molecule has 0 aliphatic carbocycles. The van der Waals surface area contributed by atoms with E-state index in [-0.39, 0.29) is 5.09 Å². The van der Waals surface area contributed by atoms with Gasteiger partial charge in [0.25, 0.3) is 10.0 Å². The average molecular weight is 310 g/mol. The lowest BCUT2D eigenvalue weighted by Crippen LogP contribution is -2.10. The molecular weight excluding hydrogens is 292 g/mol. The van der Waals surface area contributed by atoms with Gasteiger partial charge in [-0.25, -0.2) is 13.6 Å². The number of primary sulfonamides is 1. The van der Waals surface area contributed by atoms with Gasteiger partial charge in [-0.15, -0.1) is 0 Å². The lowest BCUT2D eigenvalue weighted by Gasteiger charge is -2.11. The summed E-state index contributed by atoms with van der Waals surface area (Å²) in [7, 11) is -3.80. The summed E-state index contributed by atoms with van der Waals surface area (Å²) in [6, 6.07) is 10.4. The predicted molar refractivity (Wildman–Crippen MR) is 79.6 cm³/mol. The van der Waals surface area contributed by atoms with Crippen molar-refractivity contribution in [3.63, 3.8) is 0 Å². The standard InChI is InChI=1S/C14H18N2O4S/c1-2-9-19-13-6-4-3-5-12(13)16-10-11-7-8-14(20-11)21(15,17)18/h3-8,16H,2,9-10H2,1H3,(H2,15,17,18). The minimum atomic E-state index is -3.80. The minimum absolute atomic E-state index is 0.241. The van der Waals surface area contributed by atoms with Crippen molar-refractivity contribution < 1.29 is 17.6 Å². The number of furan rings is 1. The van der Waals surface area contributed by atoms with E-state index in [1.54, 1.807) is 6.07 Å². The zero-order valence-corrected chi connectivity index (χ0v) is 12.5. The number of benzene rings is 1. The number of ether oxygens (including phenoxy) is 1. The molecule has 0 radical (unpaired) electrons. The van der Waals surface area contributed by atoms with E-state index in [4.69, 9.17) is 14.3 Å². The second-order valence-electron chi connectivity index (χ2n) is 4.46. The number of nitrogens with one attached hydrogen (secondary N) is 1. The molecule has 3 N–H and O–H groups in total. The van der Waals surface area contributed by atoms with E-state index >= 15 is 0 Å². The molecule has 0 amide bonds. The smallest absolute Gasteiger partial charge is 0.271 e. The molecule has 0 atom stereocenters. The Morgan fingerprint density at radius 1 is 1.24 bits per heavy atom. The monoisotopic (exact) mass is 310 g/mol. The summed E-state index contributed by atoms with van der Waals surface area (Å²) in [4.78, 5) is 0. The Labute approximate surface area is 124 Å². The Balaban J connectivity index is 2.04. The van der Waals surface area contributed by atoms with Crippen molar-refractivity contribution in [2.24, 2.45) is 5.14 Å². The topological polar surface area (TPSA) is 94.6 Å². The van der Waals surface area contributed by atoms with E-state index < -0.39 is 10.0 Å². The van der Waals surface area contributed by atoms with Crippen molar-refractivity contribution in [2.45, 2.75) is 25.0 Å². The third-order valence-corrected chi connectivity index (χ3v) is 3.50. The zero-order valence-electron chi connectivity index (χ0n) is 11.7. The third kappa shape index (κ3) is 4.24. The predicted octanol–water partition coefficient (Wildman–Crippen LogP) is 2.33. The van der Waals surface area contributed by atoms with Gasteiger partial charge < -0.3 is 14.5 Å². The first kappa shape index (κ1) is 15.4. The van der Waals surface area contributed by atoms with Crippen LogP contribution in [-0.4, -0.2) is 15.0 Å². The molecule has 1 heterocycles. The Kier molecular flexibility index (Phi) is 4.87. The molecule has 21 heavy (non-hydrogen) atoms. The molecule has 2 aromatic rings. The van der Waals surface area contributed by atoms with Crippen LogP contribution in [0.5, 0.6) is 5.75 Å². The van der Waals surface area contributed by atoms with Crippen molar-refractivity contribution >= 4 is 15.7 Å². The Bertz CT molecular complexity index is 695. The molecular formula is C14H18N2O4S. The number of sulfonamides is 1. The molecule has 1 aromatic carbocycles. The summed E-state index contributed by atoms with van der Waals surface area (Å²) in [5.74, 6) is 1.22. The van der Waals surface area contributed by atoms with Crippen molar-refractivity contribution in [3.8, 4) is 5.75 Å². The summed E-state index contributed by atoms with van der Waals surface area (Å²) in [6.07, 6.45) is 0.921. The van der Waals surface area contributed by atoms with Gasteiger partial charge in [0, 0.05) is 0 Å². The molecule has 1 aromatic heterocycles. The normalized spacial score (nSPS) is 11.3. The fourth-order valence-electron chi connectivity index (χ4n) is 1.74. The first-order valence-electron chi connectivity index (χ1n) is 6.58. The maximum atomic E-state index is 11.1. The molecule has 0 aliphatic heterocycles. The second kappa shape index (κ2) is 6.64. The molecule has 0 saturated carbocycles. The van der Waals surface area contributed by atoms with Gasteiger partial charge >= 0.3 is 0 Å². The quantitative estimate of drug-likeness (QED) is 0.818. The molecule has 0 spiro atoms. The van der Waals surface area contributed by atoms with Gasteiger partial charge in [0.1, 0.15) is 11.5 Å². The van der Waals surface area contributed by atoms with E-state index in [0.29, 0.717) is 18.9 Å². The first-order chi connectivity index (χ1) is 10.0. The van der Waals surface area contributed by atoms with E-state index in [9.17, 15) is 8.42 Å². The van der Waals surface area contributed by atoms with Crippen LogP contribution in [-0.2, 0) is 16.6 Å². The molecule has 0 saturated heterocycles. The van der Waals surface area contributed by atoms with Crippen LogP contribution < -0.4 is 15.2 Å². The van der Waals surface area contributed by atoms with Gasteiger partial charge in [0.05, 0.1) is 18.8 Å². The SMILES string of the molecule is CCCOc1ccccc1NCc1ccc(S(N)(=O)=O)o1. The molecule has 0 bridgehead atoms. The molecule has 0 fully saturated rings. The molecule has 2 rings (SSSR count). The van der Waals surface area contributed by atoms with E-state index in [1.165, 1.54) is 6.07 Å². The summed E-state index contributed by atoms with van der Waals surface area (Å²) in [6.45, 7) is 3.00. The third-order valence-electron chi connectivity index (χ3n) is 2.72. The molecule has 0 aliphatic rings. The van der Waals surface area contributed by atoms with E-state index in [2.05, 4.69) is 5.32 Å². The summed E-state index contributed by atoms with van der Waals surface area (Å²) in [5.41, 5.74) is 0.819. The van der Waals surface area contributed by atoms with Crippen LogP contribution in [0.2, 0.25) is 0 Å². The van der Waals surface area contributed by atoms with Crippen LogP contribution >= 0.6 is 0 Å². The van der Waals surface area contributed by atoms with Crippen molar-refractivity contribution in [3.05, 3.63) is 42.2 Å². The molecule has 0 unspecified atom stereocenters. The van der Waals surface area contributed by atoms with Gasteiger partial charge in [-0.2, -0.15) is 0 Å². The maximum Gasteiger partial charge on any atom is 0.271 e. The van der Waals surface area contributed by atoms with Gasteiger partial charge in [0.2, 0.25) is 5.09 Å². The van der Waals surface area contributed by atoms with Crippen LogP contribution in [0.1, 0.15) is 19.1 Å². The van der Waals surface area contributed by atoms with Crippen LogP contribution in [0, 0.1) is 0 Å². The zero-order chi connectivity index (χ0) is 15.3. The number of rotatable bonds is 7. The number of nitrogens with two attached hydrogens (primary N) is 1. The summed E-state index contributed by atoms with van der Waals surface area (Å²) in [5, 5.41) is 7.90. The highest BCUT2D eigenvalue weighted by atomic mass is 32.2. The van der Waals surface area contributed by atoms with Crippen molar-refractivity contribution in [1.29, 1.82) is 0 Å². The van der Waals surface area contributed by atoms with Crippen molar-refractivity contribution in [1.82, 2.24) is 0 Å². The van der Waals surface area contributed by atoms with E-state index in [1.807, 2.05) is 31.2 Å². The fourth-order valence-corrected chi connectivity index (χ4v) is 2.22. The van der Waals surface area contributed by atoms with Crippen LogP contribution in [0.25, 0.3) is 0 Å². The number of anilines is 1. The highest BCUT2D eigenvalue weighted by Gasteiger charge is 2.13. The number of hydrogen-bond acceptors (Lipinski definition) is 5. The van der Waals surface area contributed by atoms with Gasteiger partial charge in [-0.1, -0.05) is 19.1 Å². The minimum Gasteiger partial charge on any atom is -0.491 e. The van der Waals surface area contributed by atoms with Crippen LogP contribution in [0.3, 0.4) is 0 Å². The molecule has 7 heteroatoms. The van der Waals surface area contributed by atoms with Gasteiger partial charge in [-0.05, 0) is 30.7 Å². The number of hydrogen-bond donors (Lipinski definition) is 2. The maximum absolute atomic E-state index is 11.1. The lowest BCUT2D eigenvalue weighted by molar-refractivity contribution is 0.318. The Hall–Kier alpha value is -1.99. The molecule has 114 valence electrons.